The molecule has 1 aliphatic heterocycles. The first-order valence-corrected chi connectivity index (χ1v) is 6.45. The number of rotatable bonds is 3. The van der Waals surface area contributed by atoms with Crippen LogP contribution in [0.2, 0.25) is 0 Å². The second kappa shape index (κ2) is 4.20. The van der Waals surface area contributed by atoms with Gasteiger partial charge in [0.1, 0.15) is 0 Å². The minimum Gasteiger partial charge on any atom is -0.271 e. The Morgan fingerprint density at radius 1 is 1.07 bits per heavy atom. The van der Waals surface area contributed by atoms with Crippen LogP contribution in [-0.4, -0.2) is 25.8 Å². The maximum absolute atomic E-state index is 11.8. The lowest BCUT2D eigenvalue weighted by molar-refractivity contribution is 0.482. The fourth-order valence-corrected chi connectivity index (χ4v) is 2.95. The maximum Gasteiger partial charge on any atom is 0.301 e. The molecule has 5 heteroatoms. The molecule has 82 valence electrons. The van der Waals surface area contributed by atoms with Crippen LogP contribution in [0, 0.1) is 0 Å². The summed E-state index contributed by atoms with van der Waals surface area (Å²) in [6.45, 7) is 1.25. The van der Waals surface area contributed by atoms with Crippen molar-refractivity contribution < 1.29 is 8.42 Å². The molecule has 0 saturated carbocycles. The number of para-hydroxylation sites is 1. The van der Waals surface area contributed by atoms with Gasteiger partial charge in [-0.1, -0.05) is 18.2 Å². The highest BCUT2D eigenvalue weighted by atomic mass is 32.2. The van der Waals surface area contributed by atoms with E-state index < -0.39 is 10.2 Å². The summed E-state index contributed by atoms with van der Waals surface area (Å²) in [4.78, 5) is 0. The van der Waals surface area contributed by atoms with E-state index in [1.54, 1.807) is 12.1 Å². The topological polar surface area (TPSA) is 49.4 Å². The van der Waals surface area contributed by atoms with Crippen molar-refractivity contribution in [1.82, 2.24) is 4.31 Å². The number of nitrogens with zero attached hydrogens (tertiary/aromatic N) is 1. The third-order valence-corrected chi connectivity index (χ3v) is 3.96. The van der Waals surface area contributed by atoms with Crippen LogP contribution in [0.1, 0.15) is 12.8 Å². The maximum atomic E-state index is 11.8. The van der Waals surface area contributed by atoms with Gasteiger partial charge in [-0.2, -0.15) is 12.7 Å². The molecule has 0 atom stereocenters. The predicted molar refractivity (Wildman–Crippen MR) is 59.8 cm³/mol. The lowest BCUT2D eigenvalue weighted by Gasteiger charge is -2.16. The van der Waals surface area contributed by atoms with Gasteiger partial charge in [0, 0.05) is 18.8 Å². The van der Waals surface area contributed by atoms with Crippen LogP contribution in [0.25, 0.3) is 0 Å². The summed E-state index contributed by atoms with van der Waals surface area (Å²) in [6, 6.07) is 8.96. The summed E-state index contributed by atoms with van der Waals surface area (Å²) in [5, 5.41) is 0. The van der Waals surface area contributed by atoms with Crippen molar-refractivity contribution in [3.63, 3.8) is 0 Å². The quantitative estimate of drug-likeness (QED) is 0.847. The molecule has 0 radical (unpaired) electrons. The van der Waals surface area contributed by atoms with Crippen molar-refractivity contribution in [2.75, 3.05) is 17.8 Å². The third-order valence-electron chi connectivity index (χ3n) is 2.43. The zero-order valence-electron chi connectivity index (χ0n) is 8.39. The highest BCUT2D eigenvalue weighted by molar-refractivity contribution is 7.90. The zero-order valence-corrected chi connectivity index (χ0v) is 9.20. The van der Waals surface area contributed by atoms with E-state index in [0.29, 0.717) is 18.8 Å². The summed E-state index contributed by atoms with van der Waals surface area (Å²) in [6.07, 6.45) is 1.91. The highest BCUT2D eigenvalue weighted by Crippen LogP contribution is 2.15. The molecule has 4 nitrogen and oxygen atoms in total. The van der Waals surface area contributed by atoms with Gasteiger partial charge in [-0.05, 0) is 25.0 Å². The van der Waals surface area contributed by atoms with Crippen molar-refractivity contribution in [3.05, 3.63) is 30.3 Å². The van der Waals surface area contributed by atoms with Gasteiger partial charge in [-0.25, -0.2) is 0 Å². The Balaban J connectivity index is 2.11. The molecule has 1 N–H and O–H groups in total. The molecule has 1 fully saturated rings. The first kappa shape index (κ1) is 10.4. The van der Waals surface area contributed by atoms with Crippen LogP contribution >= 0.6 is 0 Å². The predicted octanol–water partition coefficient (Wildman–Crippen LogP) is 1.44. The summed E-state index contributed by atoms with van der Waals surface area (Å²) in [5.74, 6) is 0. The molecule has 0 bridgehead atoms. The summed E-state index contributed by atoms with van der Waals surface area (Å²) < 4.78 is 27.7. The van der Waals surface area contributed by atoms with Crippen LogP contribution in [0.5, 0.6) is 0 Å². The number of anilines is 1. The average Bonchev–Trinajstić information content (AvgIpc) is 2.71. The summed E-state index contributed by atoms with van der Waals surface area (Å²) >= 11 is 0. The largest absolute Gasteiger partial charge is 0.301 e. The molecular formula is C10H14N2O2S. The second-order valence-corrected chi connectivity index (χ2v) is 5.25. The SMILES string of the molecule is O=S(=O)(Nc1ccccc1)N1CCCC1. The van der Waals surface area contributed by atoms with E-state index in [9.17, 15) is 8.42 Å². The van der Waals surface area contributed by atoms with E-state index in [2.05, 4.69) is 4.72 Å². The second-order valence-electron chi connectivity index (χ2n) is 3.58. The van der Waals surface area contributed by atoms with Crippen LogP contribution in [0.4, 0.5) is 5.69 Å². The molecule has 2 rings (SSSR count). The Labute approximate surface area is 90.1 Å². The monoisotopic (exact) mass is 226 g/mol. The minimum absolute atomic E-state index is 0.615. The lowest BCUT2D eigenvalue weighted by atomic mass is 10.3. The van der Waals surface area contributed by atoms with E-state index in [-0.39, 0.29) is 0 Å². The van der Waals surface area contributed by atoms with Gasteiger partial charge >= 0.3 is 10.2 Å². The number of hydrogen-bond acceptors (Lipinski definition) is 2. The van der Waals surface area contributed by atoms with Crippen LogP contribution < -0.4 is 4.72 Å². The van der Waals surface area contributed by atoms with Crippen LogP contribution in [-0.2, 0) is 10.2 Å². The Hall–Kier alpha value is -1.07. The molecule has 1 aromatic rings. The van der Waals surface area contributed by atoms with Crippen LogP contribution in [0.15, 0.2) is 30.3 Å². The van der Waals surface area contributed by atoms with Gasteiger partial charge in [-0.15, -0.1) is 0 Å². The Morgan fingerprint density at radius 3 is 2.27 bits per heavy atom. The average molecular weight is 226 g/mol. The summed E-state index contributed by atoms with van der Waals surface area (Å²) in [7, 11) is -3.33. The van der Waals surface area contributed by atoms with Gasteiger partial charge in [0.05, 0.1) is 0 Å². The van der Waals surface area contributed by atoms with Gasteiger partial charge < -0.3 is 0 Å². The number of hydrogen-bond donors (Lipinski definition) is 1. The molecule has 0 amide bonds. The van der Waals surface area contributed by atoms with Gasteiger partial charge in [-0.3, -0.25) is 4.72 Å². The molecule has 1 aliphatic rings. The Kier molecular flexibility index (Phi) is 2.93. The minimum atomic E-state index is -3.33. The zero-order chi connectivity index (χ0) is 10.7. The number of nitrogens with one attached hydrogen (secondary N) is 1. The molecule has 1 aromatic carbocycles. The fraction of sp³-hybridized carbons (Fsp3) is 0.400. The van der Waals surface area contributed by atoms with Crippen LogP contribution in [0.3, 0.4) is 0 Å². The molecule has 0 spiro atoms. The van der Waals surface area contributed by atoms with E-state index in [1.807, 2.05) is 18.2 Å². The smallest absolute Gasteiger partial charge is 0.271 e. The standard InChI is InChI=1S/C10H14N2O2S/c13-15(14,12-8-4-5-9-12)11-10-6-2-1-3-7-10/h1-3,6-7,11H,4-5,8-9H2. The molecule has 15 heavy (non-hydrogen) atoms. The Bertz CT molecular complexity index is 410. The first-order chi connectivity index (χ1) is 7.18. The van der Waals surface area contributed by atoms with E-state index >= 15 is 0 Å². The fourth-order valence-electron chi connectivity index (χ4n) is 1.65. The molecule has 0 aromatic heterocycles. The van der Waals surface area contributed by atoms with Crippen molar-refractivity contribution >= 4 is 15.9 Å². The highest BCUT2D eigenvalue weighted by Gasteiger charge is 2.24. The van der Waals surface area contributed by atoms with Gasteiger partial charge in [0.15, 0.2) is 0 Å². The van der Waals surface area contributed by atoms with E-state index in [4.69, 9.17) is 0 Å². The molecule has 1 heterocycles. The molecular weight excluding hydrogens is 212 g/mol. The third kappa shape index (κ3) is 2.49. The lowest BCUT2D eigenvalue weighted by Crippen LogP contribution is -2.33. The molecule has 0 aliphatic carbocycles. The summed E-state index contributed by atoms with van der Waals surface area (Å²) in [5.41, 5.74) is 0.615. The van der Waals surface area contributed by atoms with Crippen molar-refractivity contribution in [2.24, 2.45) is 0 Å². The van der Waals surface area contributed by atoms with Crippen molar-refractivity contribution in [1.29, 1.82) is 0 Å². The number of benzene rings is 1. The Morgan fingerprint density at radius 2 is 1.67 bits per heavy atom. The molecule has 0 unspecified atom stereocenters. The van der Waals surface area contributed by atoms with Gasteiger partial charge in [0.25, 0.3) is 0 Å². The van der Waals surface area contributed by atoms with Crippen molar-refractivity contribution in [2.45, 2.75) is 12.8 Å². The van der Waals surface area contributed by atoms with Gasteiger partial charge in [0.2, 0.25) is 0 Å². The van der Waals surface area contributed by atoms with E-state index in [0.717, 1.165) is 12.8 Å². The van der Waals surface area contributed by atoms with E-state index in [1.165, 1.54) is 4.31 Å². The first-order valence-electron chi connectivity index (χ1n) is 5.01. The molecule has 1 saturated heterocycles. The normalized spacial score (nSPS) is 17.9. The van der Waals surface area contributed by atoms with Crippen molar-refractivity contribution in [3.8, 4) is 0 Å².